The molecule has 182 valence electrons. The van der Waals surface area contributed by atoms with Crippen LogP contribution in [0.15, 0.2) is 18.2 Å². The summed E-state index contributed by atoms with van der Waals surface area (Å²) in [6.07, 6.45) is -2.65. The summed E-state index contributed by atoms with van der Waals surface area (Å²) in [4.78, 5) is 14.7. The highest BCUT2D eigenvalue weighted by Gasteiger charge is 2.53. The molecule has 2 aliphatic heterocycles. The van der Waals surface area contributed by atoms with Gasteiger partial charge < -0.3 is 15.0 Å². The van der Waals surface area contributed by atoms with Crippen LogP contribution >= 0.6 is 0 Å². The van der Waals surface area contributed by atoms with Gasteiger partial charge in [-0.25, -0.2) is 12.7 Å². The number of amides is 1. The number of sulfonamides is 1. The molecule has 2 saturated heterocycles. The maximum atomic E-state index is 13.4. The molecule has 12 heteroatoms. The molecule has 1 N–H and O–H groups in total. The van der Waals surface area contributed by atoms with Crippen molar-refractivity contribution in [3.05, 3.63) is 29.3 Å². The Morgan fingerprint density at radius 2 is 2.00 bits per heavy atom. The molecule has 0 aliphatic carbocycles. The Hall–Kier alpha value is -2.36. The van der Waals surface area contributed by atoms with Gasteiger partial charge in [0.15, 0.2) is 0 Å². The first-order valence-electron chi connectivity index (χ1n) is 10.5. The van der Waals surface area contributed by atoms with Gasteiger partial charge in [-0.2, -0.15) is 18.4 Å². The highest BCUT2D eigenvalue weighted by Crippen LogP contribution is 2.46. The molecule has 0 radical (unpaired) electrons. The van der Waals surface area contributed by atoms with Crippen LogP contribution in [0.3, 0.4) is 0 Å². The molecule has 1 aromatic rings. The number of nitrogens with zero attached hydrogens (tertiary/aromatic N) is 3. The molecule has 0 bridgehead atoms. The van der Waals surface area contributed by atoms with E-state index in [2.05, 4.69) is 5.32 Å². The summed E-state index contributed by atoms with van der Waals surface area (Å²) in [5.74, 6) is -0.803. The fraction of sp³-hybridized carbons (Fsp3) is 0.619. The number of carbonyl (C=O) groups is 1. The topological polar surface area (TPSA) is 103 Å². The number of methoxy groups -OCH3 is 1. The van der Waals surface area contributed by atoms with Crippen LogP contribution in [0, 0.1) is 22.7 Å². The fourth-order valence-corrected chi connectivity index (χ4v) is 5.63. The Morgan fingerprint density at radius 1 is 1.33 bits per heavy atom. The minimum absolute atomic E-state index is 0.0761. The number of hydrogen-bond acceptors (Lipinski definition) is 6. The number of nitriles is 1. The van der Waals surface area contributed by atoms with Crippen LogP contribution in [0.4, 0.5) is 18.9 Å². The summed E-state index contributed by atoms with van der Waals surface area (Å²) in [5.41, 5.74) is -1.68. The summed E-state index contributed by atoms with van der Waals surface area (Å²) < 4.78 is 70.7. The smallest absolute Gasteiger partial charge is 0.383 e. The van der Waals surface area contributed by atoms with Gasteiger partial charge in [-0.1, -0.05) is 0 Å². The van der Waals surface area contributed by atoms with Gasteiger partial charge in [0.2, 0.25) is 15.9 Å². The molecule has 0 saturated carbocycles. The zero-order valence-corrected chi connectivity index (χ0v) is 19.3. The zero-order chi connectivity index (χ0) is 24.4. The Bertz CT molecular complexity index is 1030. The van der Waals surface area contributed by atoms with Crippen molar-refractivity contribution >= 4 is 21.6 Å². The van der Waals surface area contributed by atoms with Crippen molar-refractivity contribution in [1.82, 2.24) is 9.62 Å². The van der Waals surface area contributed by atoms with E-state index in [1.54, 1.807) is 11.0 Å². The molecular weight excluding hydrogens is 461 g/mol. The number of benzene rings is 1. The van der Waals surface area contributed by atoms with Crippen molar-refractivity contribution in [2.45, 2.75) is 19.0 Å². The SMILES string of the molecule is COCCNC(=O)C1CN(S(C)(=O)=O)CC12CCN(c1ccc(C#N)c(C(F)(F)F)c1)CC2. The van der Waals surface area contributed by atoms with Crippen molar-refractivity contribution in [2.75, 3.05) is 57.6 Å². The van der Waals surface area contributed by atoms with E-state index in [0.29, 0.717) is 44.8 Å². The largest absolute Gasteiger partial charge is 0.417 e. The van der Waals surface area contributed by atoms with Crippen LogP contribution in [-0.4, -0.2) is 71.3 Å². The summed E-state index contributed by atoms with van der Waals surface area (Å²) in [6.45, 7) is 1.63. The number of rotatable bonds is 6. The third kappa shape index (κ3) is 5.42. The van der Waals surface area contributed by atoms with Crippen molar-refractivity contribution < 1.29 is 31.1 Å². The second-order valence-electron chi connectivity index (χ2n) is 8.58. The summed E-state index contributed by atoms with van der Waals surface area (Å²) in [7, 11) is -1.99. The lowest BCUT2D eigenvalue weighted by molar-refractivity contribution is -0.137. The standard InChI is InChI=1S/C21H27F3N4O4S/c1-32-10-7-26-19(29)18-13-28(33(2,30)31)14-20(18)5-8-27(9-6-20)16-4-3-15(12-25)17(11-16)21(22,23)24/h3-4,11,18H,5-10,13-14H2,1-2H3,(H,26,29). The molecule has 1 amide bonds. The van der Waals surface area contributed by atoms with Gasteiger partial charge in [-0.05, 0) is 31.0 Å². The van der Waals surface area contributed by atoms with Gasteiger partial charge in [-0.3, -0.25) is 4.79 Å². The number of ether oxygens (including phenoxy) is 1. The predicted octanol–water partition coefficient (Wildman–Crippen LogP) is 1.82. The minimum Gasteiger partial charge on any atom is -0.383 e. The fourth-order valence-electron chi connectivity index (χ4n) is 4.71. The predicted molar refractivity (Wildman–Crippen MR) is 115 cm³/mol. The molecular formula is C21H27F3N4O4S. The number of halogens is 3. The van der Waals surface area contributed by atoms with Gasteiger partial charge in [0.25, 0.3) is 0 Å². The van der Waals surface area contributed by atoms with Gasteiger partial charge in [0.1, 0.15) is 0 Å². The molecule has 8 nitrogen and oxygen atoms in total. The van der Waals surface area contributed by atoms with Crippen LogP contribution in [-0.2, 0) is 25.7 Å². The first-order chi connectivity index (χ1) is 15.4. The molecule has 2 aliphatic rings. The van der Waals surface area contributed by atoms with Crippen LogP contribution < -0.4 is 10.2 Å². The third-order valence-corrected chi connectivity index (χ3v) is 7.78. The van der Waals surface area contributed by atoms with E-state index in [0.717, 1.165) is 18.4 Å². The Labute approximate surface area is 191 Å². The number of nitrogens with one attached hydrogen (secondary N) is 1. The monoisotopic (exact) mass is 488 g/mol. The maximum absolute atomic E-state index is 13.4. The molecule has 3 rings (SSSR count). The second kappa shape index (κ2) is 9.48. The normalized spacial score (nSPS) is 21.2. The van der Waals surface area contributed by atoms with Gasteiger partial charge in [0.05, 0.1) is 36.0 Å². The van der Waals surface area contributed by atoms with E-state index in [9.17, 15) is 26.4 Å². The van der Waals surface area contributed by atoms with Crippen LogP contribution in [0.2, 0.25) is 0 Å². The Kier molecular flexibility index (Phi) is 7.26. The molecule has 33 heavy (non-hydrogen) atoms. The minimum atomic E-state index is -4.65. The summed E-state index contributed by atoms with van der Waals surface area (Å²) in [6, 6.07) is 5.20. The molecule has 1 aromatic carbocycles. The third-order valence-electron chi connectivity index (χ3n) is 6.56. The average molecular weight is 489 g/mol. The van der Waals surface area contributed by atoms with E-state index in [-0.39, 0.29) is 19.0 Å². The highest BCUT2D eigenvalue weighted by molar-refractivity contribution is 7.88. The molecule has 2 fully saturated rings. The van der Waals surface area contributed by atoms with Gasteiger partial charge in [0, 0.05) is 50.9 Å². The Morgan fingerprint density at radius 3 is 2.55 bits per heavy atom. The lowest BCUT2D eigenvalue weighted by Crippen LogP contribution is -2.49. The van der Waals surface area contributed by atoms with Gasteiger partial charge in [-0.15, -0.1) is 0 Å². The zero-order valence-electron chi connectivity index (χ0n) is 18.5. The number of hydrogen-bond donors (Lipinski definition) is 1. The van der Waals surface area contributed by atoms with E-state index < -0.39 is 38.7 Å². The Balaban J connectivity index is 1.81. The molecule has 0 aromatic heterocycles. The van der Waals surface area contributed by atoms with E-state index in [4.69, 9.17) is 10.00 Å². The van der Waals surface area contributed by atoms with E-state index in [1.807, 2.05) is 0 Å². The molecule has 1 atom stereocenters. The lowest BCUT2D eigenvalue weighted by Gasteiger charge is -2.43. The molecule has 1 spiro atoms. The molecule has 2 heterocycles. The van der Waals surface area contributed by atoms with Crippen molar-refractivity contribution in [3.63, 3.8) is 0 Å². The maximum Gasteiger partial charge on any atom is 0.417 e. The van der Waals surface area contributed by atoms with Crippen LogP contribution in [0.5, 0.6) is 0 Å². The van der Waals surface area contributed by atoms with Crippen LogP contribution in [0.1, 0.15) is 24.0 Å². The summed E-state index contributed by atoms with van der Waals surface area (Å²) >= 11 is 0. The lowest BCUT2D eigenvalue weighted by atomic mass is 9.70. The quantitative estimate of drug-likeness (QED) is 0.613. The first kappa shape index (κ1) is 25.3. The van der Waals surface area contributed by atoms with Crippen molar-refractivity contribution in [3.8, 4) is 6.07 Å². The van der Waals surface area contributed by atoms with E-state index in [1.165, 1.54) is 17.5 Å². The van der Waals surface area contributed by atoms with E-state index >= 15 is 0 Å². The van der Waals surface area contributed by atoms with Crippen LogP contribution in [0.25, 0.3) is 0 Å². The van der Waals surface area contributed by atoms with Crippen molar-refractivity contribution in [1.29, 1.82) is 5.26 Å². The molecule has 1 unspecified atom stereocenters. The number of carbonyl (C=O) groups excluding carboxylic acids is 1. The highest BCUT2D eigenvalue weighted by atomic mass is 32.2. The van der Waals surface area contributed by atoms with Gasteiger partial charge >= 0.3 is 6.18 Å². The number of piperidine rings is 1. The first-order valence-corrected chi connectivity index (χ1v) is 12.3. The second-order valence-corrected chi connectivity index (χ2v) is 10.6. The summed E-state index contributed by atoms with van der Waals surface area (Å²) in [5, 5.41) is 11.8. The number of alkyl halides is 3. The van der Waals surface area contributed by atoms with Crippen molar-refractivity contribution in [2.24, 2.45) is 11.3 Å². The average Bonchev–Trinajstić information content (AvgIpc) is 3.13. The number of anilines is 1.